The zero-order valence-corrected chi connectivity index (χ0v) is 20.6. The largest absolute Gasteiger partial charge is 0.357 e. The van der Waals surface area contributed by atoms with E-state index in [4.69, 9.17) is 4.99 Å². The highest BCUT2D eigenvalue weighted by Crippen LogP contribution is 2.26. The lowest BCUT2D eigenvalue weighted by molar-refractivity contribution is 0.0483. The van der Waals surface area contributed by atoms with Gasteiger partial charge in [-0.1, -0.05) is 26.0 Å². The van der Waals surface area contributed by atoms with Gasteiger partial charge < -0.3 is 10.6 Å². The lowest BCUT2D eigenvalue weighted by Crippen LogP contribution is -2.57. The second-order valence-corrected chi connectivity index (χ2v) is 11.6. The van der Waals surface area contributed by atoms with E-state index in [1.807, 2.05) is 19.1 Å². The Balaban J connectivity index is 2.05. The van der Waals surface area contributed by atoms with Crippen LogP contribution in [0, 0.1) is 18.8 Å². The maximum atomic E-state index is 11.8. The number of rotatable bonds is 7. The summed E-state index contributed by atoms with van der Waals surface area (Å²) in [5.74, 6) is 2.25. The molecule has 0 spiro atoms. The van der Waals surface area contributed by atoms with Gasteiger partial charge in [0, 0.05) is 38.0 Å². The molecular formula is C23H40N4O2S. The predicted molar refractivity (Wildman–Crippen MR) is 126 cm³/mol. The van der Waals surface area contributed by atoms with E-state index in [9.17, 15) is 8.42 Å². The number of hydrogen-bond donors (Lipinski definition) is 2. The van der Waals surface area contributed by atoms with Crippen LogP contribution in [0.25, 0.3) is 0 Å². The first-order valence-corrected chi connectivity index (χ1v) is 12.9. The van der Waals surface area contributed by atoms with Crippen molar-refractivity contribution in [1.29, 1.82) is 0 Å². The Bertz CT molecular complexity index is 839. The molecule has 170 valence electrons. The Labute approximate surface area is 183 Å². The minimum absolute atomic E-state index is 0.0346. The highest BCUT2D eigenvalue weighted by atomic mass is 32.2. The molecule has 6 nitrogen and oxygen atoms in total. The lowest BCUT2D eigenvalue weighted by atomic mass is 9.88. The standard InChI is InChI=1S/C23H40N4O2S/c1-8-24-22(25-13-20-9-10-21(19(4)12-20)30(7,28)29)26-16-23(5,6)27-14-17(2)11-18(3)15-27/h9-10,12,17-18H,8,11,13-16H2,1-7H3,(H2,24,25,26). The normalized spacial score (nSPS) is 21.5. The number of benzene rings is 1. The molecule has 1 aromatic rings. The smallest absolute Gasteiger partial charge is 0.191 e. The zero-order valence-electron chi connectivity index (χ0n) is 19.7. The number of sulfone groups is 1. The van der Waals surface area contributed by atoms with Gasteiger partial charge in [-0.2, -0.15) is 0 Å². The van der Waals surface area contributed by atoms with Crippen LogP contribution in [0.4, 0.5) is 0 Å². The van der Waals surface area contributed by atoms with E-state index in [0.717, 1.165) is 55.1 Å². The first-order chi connectivity index (χ1) is 13.9. The van der Waals surface area contributed by atoms with Crippen LogP contribution >= 0.6 is 0 Å². The molecule has 2 unspecified atom stereocenters. The van der Waals surface area contributed by atoms with Gasteiger partial charge in [-0.15, -0.1) is 0 Å². The van der Waals surface area contributed by atoms with Crippen LogP contribution in [0.15, 0.2) is 28.1 Å². The van der Waals surface area contributed by atoms with Crippen LogP contribution in [0.1, 0.15) is 52.2 Å². The number of likely N-dealkylation sites (tertiary alicyclic amines) is 1. The third-order valence-corrected chi connectivity index (χ3v) is 7.07. The van der Waals surface area contributed by atoms with Gasteiger partial charge in [0.1, 0.15) is 0 Å². The number of piperidine rings is 1. The summed E-state index contributed by atoms with van der Waals surface area (Å²) in [6, 6.07) is 5.43. The fourth-order valence-electron chi connectivity index (χ4n) is 4.31. The molecule has 1 saturated heterocycles. The van der Waals surface area contributed by atoms with E-state index in [0.29, 0.717) is 11.4 Å². The van der Waals surface area contributed by atoms with Gasteiger partial charge in [-0.3, -0.25) is 4.90 Å². The number of nitrogens with one attached hydrogen (secondary N) is 2. The molecule has 0 bridgehead atoms. The average molecular weight is 437 g/mol. The van der Waals surface area contributed by atoms with Gasteiger partial charge >= 0.3 is 0 Å². The molecule has 0 saturated carbocycles. The van der Waals surface area contributed by atoms with Gasteiger partial charge in [-0.25, -0.2) is 13.4 Å². The van der Waals surface area contributed by atoms with E-state index < -0.39 is 9.84 Å². The van der Waals surface area contributed by atoms with Crippen molar-refractivity contribution < 1.29 is 8.42 Å². The molecule has 2 N–H and O–H groups in total. The van der Waals surface area contributed by atoms with E-state index in [1.165, 1.54) is 12.7 Å². The number of nitrogens with zero attached hydrogens (tertiary/aromatic N) is 2. The summed E-state index contributed by atoms with van der Waals surface area (Å²) in [6.07, 6.45) is 2.55. The molecule has 0 radical (unpaired) electrons. The van der Waals surface area contributed by atoms with Crippen molar-refractivity contribution in [1.82, 2.24) is 15.5 Å². The van der Waals surface area contributed by atoms with Gasteiger partial charge in [-0.05, 0) is 63.1 Å². The Morgan fingerprint density at radius 1 is 1.20 bits per heavy atom. The van der Waals surface area contributed by atoms with Crippen molar-refractivity contribution in [3.8, 4) is 0 Å². The van der Waals surface area contributed by atoms with Gasteiger partial charge in [0.15, 0.2) is 15.8 Å². The Hall–Kier alpha value is -1.60. The van der Waals surface area contributed by atoms with Gasteiger partial charge in [0.2, 0.25) is 0 Å². The summed E-state index contributed by atoms with van der Waals surface area (Å²) >= 11 is 0. The quantitative estimate of drug-likeness (QED) is 0.507. The minimum atomic E-state index is -3.20. The first kappa shape index (κ1) is 24.7. The fraction of sp³-hybridized carbons (Fsp3) is 0.696. The van der Waals surface area contributed by atoms with Crippen LogP contribution in [0.2, 0.25) is 0 Å². The summed E-state index contributed by atoms with van der Waals surface area (Å²) in [4.78, 5) is 7.70. The maximum Gasteiger partial charge on any atom is 0.191 e. The minimum Gasteiger partial charge on any atom is -0.357 e. The molecule has 0 aliphatic carbocycles. The summed E-state index contributed by atoms with van der Waals surface area (Å²) in [6.45, 7) is 17.5. The third kappa shape index (κ3) is 6.98. The van der Waals surface area contributed by atoms with Crippen molar-refractivity contribution in [2.75, 3.05) is 32.4 Å². The Morgan fingerprint density at radius 3 is 2.37 bits per heavy atom. The molecule has 1 fully saturated rings. The Morgan fingerprint density at radius 2 is 1.83 bits per heavy atom. The summed E-state index contributed by atoms with van der Waals surface area (Å²) in [5.41, 5.74) is 1.79. The average Bonchev–Trinajstić information content (AvgIpc) is 2.62. The van der Waals surface area contributed by atoms with Crippen LogP contribution in [0.3, 0.4) is 0 Å². The van der Waals surface area contributed by atoms with Crippen LogP contribution in [-0.2, 0) is 16.4 Å². The van der Waals surface area contributed by atoms with E-state index in [-0.39, 0.29) is 5.54 Å². The molecule has 0 aromatic heterocycles. The summed E-state index contributed by atoms with van der Waals surface area (Å²) in [7, 11) is -3.20. The molecule has 2 rings (SSSR count). The van der Waals surface area contributed by atoms with Crippen molar-refractivity contribution in [2.24, 2.45) is 16.8 Å². The second-order valence-electron chi connectivity index (χ2n) is 9.58. The first-order valence-electron chi connectivity index (χ1n) is 11.0. The van der Waals surface area contributed by atoms with E-state index in [2.05, 4.69) is 50.2 Å². The molecule has 1 aliphatic rings. The molecule has 30 heavy (non-hydrogen) atoms. The monoisotopic (exact) mass is 436 g/mol. The third-order valence-electron chi connectivity index (χ3n) is 5.82. The molecule has 1 aromatic carbocycles. The van der Waals surface area contributed by atoms with Crippen molar-refractivity contribution in [3.05, 3.63) is 29.3 Å². The fourth-order valence-corrected chi connectivity index (χ4v) is 5.27. The maximum absolute atomic E-state index is 11.8. The summed E-state index contributed by atoms with van der Waals surface area (Å²) in [5, 5.41) is 6.83. The second kappa shape index (κ2) is 10.1. The topological polar surface area (TPSA) is 73.8 Å². The predicted octanol–water partition coefficient (Wildman–Crippen LogP) is 3.21. The van der Waals surface area contributed by atoms with Gasteiger partial charge in [0.05, 0.1) is 11.4 Å². The van der Waals surface area contributed by atoms with Gasteiger partial charge in [0.25, 0.3) is 0 Å². The summed E-state index contributed by atoms with van der Waals surface area (Å²) < 4.78 is 23.6. The zero-order chi connectivity index (χ0) is 22.5. The number of aryl methyl sites for hydroxylation is 1. The molecule has 7 heteroatoms. The SMILES string of the molecule is CCNC(=NCc1ccc(S(C)(=O)=O)c(C)c1)NCC(C)(C)N1CC(C)CC(C)C1. The van der Waals surface area contributed by atoms with E-state index in [1.54, 1.807) is 6.07 Å². The molecule has 0 amide bonds. The number of aliphatic imine (C=N–C) groups is 1. The highest BCUT2D eigenvalue weighted by molar-refractivity contribution is 7.90. The molecule has 2 atom stereocenters. The lowest BCUT2D eigenvalue weighted by Gasteiger charge is -2.45. The van der Waals surface area contributed by atoms with E-state index >= 15 is 0 Å². The molecular weight excluding hydrogens is 396 g/mol. The molecule has 1 heterocycles. The Kier molecular flexibility index (Phi) is 8.34. The van der Waals surface area contributed by atoms with Crippen molar-refractivity contribution >= 4 is 15.8 Å². The van der Waals surface area contributed by atoms with Crippen molar-refractivity contribution in [3.63, 3.8) is 0 Å². The van der Waals surface area contributed by atoms with Crippen LogP contribution in [0.5, 0.6) is 0 Å². The van der Waals surface area contributed by atoms with Crippen LogP contribution < -0.4 is 10.6 Å². The van der Waals surface area contributed by atoms with Crippen LogP contribution in [-0.4, -0.2) is 57.3 Å². The number of guanidine groups is 1. The van der Waals surface area contributed by atoms with Crippen molar-refractivity contribution in [2.45, 2.75) is 64.9 Å². The highest BCUT2D eigenvalue weighted by Gasteiger charge is 2.32. The number of hydrogen-bond acceptors (Lipinski definition) is 4. The molecule has 1 aliphatic heterocycles.